The molecule has 0 radical (unpaired) electrons. The second kappa shape index (κ2) is 8.44. The summed E-state index contributed by atoms with van der Waals surface area (Å²) in [6.07, 6.45) is 0.656. The Hall–Kier alpha value is -1.66. The summed E-state index contributed by atoms with van der Waals surface area (Å²) in [6, 6.07) is 4.12. The SMILES string of the molecule is COc1ccc(C(=O)NCCCOCCN)c(F)c1. The number of benzene rings is 1. The van der Waals surface area contributed by atoms with E-state index in [0.717, 1.165) is 0 Å². The smallest absolute Gasteiger partial charge is 0.254 e. The summed E-state index contributed by atoms with van der Waals surface area (Å²) >= 11 is 0. The van der Waals surface area contributed by atoms with Crippen LogP contribution in [0, 0.1) is 5.82 Å². The monoisotopic (exact) mass is 270 g/mol. The van der Waals surface area contributed by atoms with Gasteiger partial charge in [0.15, 0.2) is 0 Å². The number of nitrogens with two attached hydrogens (primary N) is 1. The summed E-state index contributed by atoms with van der Waals surface area (Å²) in [6.45, 7) is 1.92. The highest BCUT2D eigenvalue weighted by Gasteiger charge is 2.11. The van der Waals surface area contributed by atoms with Gasteiger partial charge in [-0.25, -0.2) is 4.39 Å². The molecule has 0 saturated carbocycles. The van der Waals surface area contributed by atoms with Crippen LogP contribution in [0.15, 0.2) is 18.2 Å². The van der Waals surface area contributed by atoms with E-state index in [9.17, 15) is 9.18 Å². The van der Waals surface area contributed by atoms with E-state index in [0.29, 0.717) is 38.5 Å². The van der Waals surface area contributed by atoms with E-state index < -0.39 is 11.7 Å². The molecule has 1 aromatic carbocycles. The van der Waals surface area contributed by atoms with Gasteiger partial charge in [-0.1, -0.05) is 0 Å². The minimum atomic E-state index is -0.601. The second-order valence-electron chi connectivity index (χ2n) is 3.86. The summed E-state index contributed by atoms with van der Waals surface area (Å²) in [4.78, 5) is 11.7. The Morgan fingerprint density at radius 1 is 1.42 bits per heavy atom. The molecular weight excluding hydrogens is 251 g/mol. The Kier molecular flexibility index (Phi) is 6.84. The zero-order valence-electron chi connectivity index (χ0n) is 10.9. The number of amides is 1. The minimum absolute atomic E-state index is 0.00340. The van der Waals surface area contributed by atoms with Gasteiger partial charge >= 0.3 is 0 Å². The molecule has 0 saturated heterocycles. The van der Waals surface area contributed by atoms with Crippen molar-refractivity contribution >= 4 is 5.91 Å². The van der Waals surface area contributed by atoms with Crippen LogP contribution in [0.1, 0.15) is 16.8 Å². The molecule has 3 N–H and O–H groups in total. The molecule has 1 rings (SSSR count). The highest BCUT2D eigenvalue weighted by molar-refractivity contribution is 5.94. The van der Waals surface area contributed by atoms with E-state index in [1.807, 2.05) is 0 Å². The van der Waals surface area contributed by atoms with Gasteiger partial charge in [0.1, 0.15) is 11.6 Å². The molecule has 6 heteroatoms. The second-order valence-corrected chi connectivity index (χ2v) is 3.86. The molecule has 0 unspecified atom stereocenters. The highest BCUT2D eigenvalue weighted by atomic mass is 19.1. The van der Waals surface area contributed by atoms with Crippen LogP contribution >= 0.6 is 0 Å². The van der Waals surface area contributed by atoms with Gasteiger partial charge in [-0.05, 0) is 18.6 Å². The number of halogens is 1. The zero-order chi connectivity index (χ0) is 14.1. The van der Waals surface area contributed by atoms with Crippen LogP contribution in [-0.4, -0.2) is 39.3 Å². The number of nitrogens with one attached hydrogen (secondary N) is 1. The number of methoxy groups -OCH3 is 1. The standard InChI is InChI=1S/C13H19FN2O3/c1-18-10-3-4-11(12(14)9-10)13(17)16-6-2-7-19-8-5-15/h3-4,9H,2,5-8,15H2,1H3,(H,16,17). The first-order valence-corrected chi connectivity index (χ1v) is 6.08. The fraction of sp³-hybridized carbons (Fsp3) is 0.462. The molecular formula is C13H19FN2O3. The average molecular weight is 270 g/mol. The highest BCUT2D eigenvalue weighted by Crippen LogP contribution is 2.15. The Balaban J connectivity index is 2.37. The van der Waals surface area contributed by atoms with Crippen molar-refractivity contribution in [1.29, 1.82) is 0 Å². The molecule has 0 aliphatic carbocycles. The number of carbonyl (C=O) groups excluding carboxylic acids is 1. The van der Waals surface area contributed by atoms with Gasteiger partial charge in [0, 0.05) is 25.8 Å². The molecule has 0 fully saturated rings. The molecule has 0 heterocycles. The predicted octanol–water partition coefficient (Wildman–Crippen LogP) is 0.929. The van der Waals surface area contributed by atoms with E-state index in [4.69, 9.17) is 15.2 Å². The third kappa shape index (κ3) is 5.23. The predicted molar refractivity (Wildman–Crippen MR) is 69.8 cm³/mol. The van der Waals surface area contributed by atoms with Crippen LogP contribution in [0.2, 0.25) is 0 Å². The summed E-state index contributed by atoms with van der Waals surface area (Å²) in [5.74, 6) is -0.667. The van der Waals surface area contributed by atoms with E-state index in [-0.39, 0.29) is 5.56 Å². The van der Waals surface area contributed by atoms with Gasteiger partial charge in [0.25, 0.3) is 5.91 Å². The van der Waals surface area contributed by atoms with Crippen molar-refractivity contribution in [2.75, 3.05) is 33.4 Å². The first-order chi connectivity index (χ1) is 9.19. The van der Waals surface area contributed by atoms with E-state index in [1.165, 1.54) is 19.2 Å². The maximum absolute atomic E-state index is 13.6. The summed E-state index contributed by atoms with van der Waals surface area (Å²) in [5, 5.41) is 2.62. The quantitative estimate of drug-likeness (QED) is 0.689. The van der Waals surface area contributed by atoms with Crippen LogP contribution < -0.4 is 15.8 Å². The lowest BCUT2D eigenvalue weighted by atomic mass is 10.2. The van der Waals surface area contributed by atoms with Crippen molar-refractivity contribution < 1.29 is 18.7 Å². The van der Waals surface area contributed by atoms with Crippen molar-refractivity contribution in [1.82, 2.24) is 5.32 Å². The Bertz CT molecular complexity index is 413. The average Bonchev–Trinajstić information content (AvgIpc) is 2.42. The van der Waals surface area contributed by atoms with Crippen molar-refractivity contribution in [3.05, 3.63) is 29.6 Å². The van der Waals surface area contributed by atoms with Crippen LogP contribution in [0.3, 0.4) is 0 Å². The molecule has 0 atom stereocenters. The van der Waals surface area contributed by atoms with E-state index >= 15 is 0 Å². The molecule has 0 bridgehead atoms. The minimum Gasteiger partial charge on any atom is -0.497 e. The largest absolute Gasteiger partial charge is 0.497 e. The lowest BCUT2D eigenvalue weighted by molar-refractivity contribution is 0.0939. The van der Waals surface area contributed by atoms with Crippen molar-refractivity contribution in [3.63, 3.8) is 0 Å². The van der Waals surface area contributed by atoms with Crippen LogP contribution in [-0.2, 0) is 4.74 Å². The maximum atomic E-state index is 13.6. The van der Waals surface area contributed by atoms with Crippen molar-refractivity contribution in [3.8, 4) is 5.75 Å². The Morgan fingerprint density at radius 3 is 2.84 bits per heavy atom. The molecule has 1 aromatic rings. The number of hydrogen-bond acceptors (Lipinski definition) is 4. The van der Waals surface area contributed by atoms with Crippen LogP contribution in [0.5, 0.6) is 5.75 Å². The molecule has 5 nitrogen and oxygen atoms in total. The summed E-state index contributed by atoms with van der Waals surface area (Å²) in [5.41, 5.74) is 5.26. The first kappa shape index (κ1) is 15.4. The number of hydrogen-bond donors (Lipinski definition) is 2. The van der Waals surface area contributed by atoms with Crippen molar-refractivity contribution in [2.24, 2.45) is 5.73 Å². The molecule has 0 aliphatic rings. The summed E-state index contributed by atoms with van der Waals surface area (Å²) in [7, 11) is 1.44. The third-order valence-electron chi connectivity index (χ3n) is 2.43. The van der Waals surface area contributed by atoms with Gasteiger partial charge in [-0.15, -0.1) is 0 Å². The van der Waals surface area contributed by atoms with E-state index in [2.05, 4.69) is 5.32 Å². The molecule has 0 spiro atoms. The molecule has 19 heavy (non-hydrogen) atoms. The Morgan fingerprint density at radius 2 is 2.21 bits per heavy atom. The fourth-order valence-electron chi connectivity index (χ4n) is 1.46. The van der Waals surface area contributed by atoms with Crippen LogP contribution in [0.25, 0.3) is 0 Å². The fourth-order valence-corrected chi connectivity index (χ4v) is 1.46. The molecule has 106 valence electrons. The van der Waals surface area contributed by atoms with Gasteiger partial charge in [0.05, 0.1) is 19.3 Å². The lowest BCUT2D eigenvalue weighted by Gasteiger charge is -2.07. The van der Waals surface area contributed by atoms with Crippen molar-refractivity contribution in [2.45, 2.75) is 6.42 Å². The molecule has 0 aliphatic heterocycles. The molecule has 0 aromatic heterocycles. The van der Waals surface area contributed by atoms with Gasteiger partial charge in [0.2, 0.25) is 0 Å². The Labute approximate surface area is 111 Å². The van der Waals surface area contributed by atoms with Crippen LogP contribution in [0.4, 0.5) is 4.39 Å². The van der Waals surface area contributed by atoms with Gasteiger partial charge < -0.3 is 20.5 Å². The maximum Gasteiger partial charge on any atom is 0.254 e. The van der Waals surface area contributed by atoms with E-state index in [1.54, 1.807) is 6.07 Å². The normalized spacial score (nSPS) is 10.3. The van der Waals surface area contributed by atoms with Gasteiger partial charge in [-0.2, -0.15) is 0 Å². The number of ether oxygens (including phenoxy) is 2. The molecule has 1 amide bonds. The lowest BCUT2D eigenvalue weighted by Crippen LogP contribution is -2.26. The summed E-state index contributed by atoms with van der Waals surface area (Å²) < 4.78 is 23.6. The first-order valence-electron chi connectivity index (χ1n) is 6.08. The zero-order valence-corrected chi connectivity index (χ0v) is 10.9. The number of rotatable bonds is 8. The number of carbonyl (C=O) groups is 1. The van der Waals surface area contributed by atoms with Gasteiger partial charge in [-0.3, -0.25) is 4.79 Å². The third-order valence-corrected chi connectivity index (χ3v) is 2.43. The topological polar surface area (TPSA) is 73.6 Å².